The van der Waals surface area contributed by atoms with Crippen molar-refractivity contribution in [2.75, 3.05) is 26.0 Å². The number of benzene rings is 1. The summed E-state index contributed by atoms with van der Waals surface area (Å²) in [6.07, 6.45) is 6.35. The summed E-state index contributed by atoms with van der Waals surface area (Å²) < 4.78 is 31.5. The highest BCUT2D eigenvalue weighted by molar-refractivity contribution is 7.90. The number of carbonyl (C=O) groups is 1. The molecule has 0 aliphatic carbocycles. The molecule has 1 saturated heterocycles. The number of aromatic nitrogens is 3. The van der Waals surface area contributed by atoms with Crippen LogP contribution < -0.4 is 4.74 Å². The fourth-order valence-electron chi connectivity index (χ4n) is 3.98. The topological polar surface area (TPSA) is 94.4 Å². The molecular formula is C23H28N4O4S. The van der Waals surface area contributed by atoms with Gasteiger partial charge in [-0.25, -0.2) is 18.4 Å². The van der Waals surface area contributed by atoms with Crippen molar-refractivity contribution in [3.63, 3.8) is 0 Å². The van der Waals surface area contributed by atoms with E-state index in [2.05, 4.69) is 9.97 Å². The molecule has 1 amide bonds. The minimum Gasteiger partial charge on any atom is -0.477 e. The Morgan fingerprint density at radius 1 is 1.16 bits per heavy atom. The van der Waals surface area contributed by atoms with Crippen LogP contribution >= 0.6 is 0 Å². The first-order chi connectivity index (χ1) is 15.2. The molecule has 0 saturated carbocycles. The van der Waals surface area contributed by atoms with Crippen LogP contribution in [0.25, 0.3) is 16.7 Å². The normalized spacial score (nSPS) is 15.4. The zero-order valence-corrected chi connectivity index (χ0v) is 19.4. The second-order valence-corrected chi connectivity index (χ2v) is 10.6. The van der Waals surface area contributed by atoms with Gasteiger partial charge in [-0.1, -0.05) is 13.8 Å². The first-order valence-electron chi connectivity index (χ1n) is 10.8. The van der Waals surface area contributed by atoms with Crippen molar-refractivity contribution in [2.45, 2.75) is 31.6 Å². The maximum Gasteiger partial charge on any atom is 0.225 e. The molecule has 32 heavy (non-hydrogen) atoms. The first-order valence-corrected chi connectivity index (χ1v) is 12.7. The lowest BCUT2D eigenvalue weighted by atomic mass is 9.97. The van der Waals surface area contributed by atoms with Gasteiger partial charge in [0.15, 0.2) is 9.84 Å². The SMILES string of the molecule is CC(C)C(=O)N1CCC(COc2cc(-n3ccc4cc(S(C)(=O)=O)ccc43)ncn2)CC1. The van der Waals surface area contributed by atoms with Gasteiger partial charge in [0.05, 0.1) is 17.0 Å². The van der Waals surface area contributed by atoms with Crippen LogP contribution in [-0.2, 0) is 14.6 Å². The van der Waals surface area contributed by atoms with Crippen molar-refractivity contribution < 1.29 is 17.9 Å². The Morgan fingerprint density at radius 3 is 2.59 bits per heavy atom. The van der Waals surface area contributed by atoms with Gasteiger partial charge in [0.25, 0.3) is 0 Å². The van der Waals surface area contributed by atoms with Crippen molar-refractivity contribution in [3.8, 4) is 11.7 Å². The third-order valence-corrected chi connectivity index (χ3v) is 6.96. The molecule has 0 N–H and O–H groups in total. The van der Waals surface area contributed by atoms with Crippen LogP contribution in [0.1, 0.15) is 26.7 Å². The number of carbonyl (C=O) groups excluding carboxylic acids is 1. The molecule has 4 rings (SSSR count). The highest BCUT2D eigenvalue weighted by Gasteiger charge is 2.24. The van der Waals surface area contributed by atoms with E-state index in [-0.39, 0.29) is 16.7 Å². The average molecular weight is 457 g/mol. The van der Waals surface area contributed by atoms with Crippen molar-refractivity contribution in [1.82, 2.24) is 19.4 Å². The van der Waals surface area contributed by atoms with Crippen molar-refractivity contribution in [1.29, 1.82) is 0 Å². The molecule has 9 heteroatoms. The van der Waals surface area contributed by atoms with Gasteiger partial charge >= 0.3 is 0 Å². The molecule has 1 aromatic carbocycles. The van der Waals surface area contributed by atoms with E-state index in [1.165, 1.54) is 12.6 Å². The predicted octanol–water partition coefficient (Wildman–Crippen LogP) is 3.10. The summed E-state index contributed by atoms with van der Waals surface area (Å²) >= 11 is 0. The fourth-order valence-corrected chi connectivity index (χ4v) is 4.64. The smallest absolute Gasteiger partial charge is 0.225 e. The minimum absolute atomic E-state index is 0.0324. The van der Waals surface area contributed by atoms with Gasteiger partial charge in [-0.05, 0) is 43.0 Å². The minimum atomic E-state index is -3.26. The summed E-state index contributed by atoms with van der Waals surface area (Å²) in [6.45, 7) is 5.95. The number of fused-ring (bicyclic) bond motifs is 1. The van der Waals surface area contributed by atoms with Crippen molar-refractivity contribution in [2.24, 2.45) is 11.8 Å². The third-order valence-electron chi connectivity index (χ3n) is 5.85. The third kappa shape index (κ3) is 4.77. The molecule has 0 atom stereocenters. The van der Waals surface area contributed by atoms with Gasteiger partial charge < -0.3 is 14.2 Å². The number of nitrogens with zero attached hydrogens (tertiary/aromatic N) is 4. The van der Waals surface area contributed by atoms with E-state index in [9.17, 15) is 13.2 Å². The van der Waals surface area contributed by atoms with Crippen LogP contribution in [0, 0.1) is 11.8 Å². The highest BCUT2D eigenvalue weighted by Crippen LogP contribution is 2.25. The Bertz CT molecular complexity index is 1230. The second-order valence-electron chi connectivity index (χ2n) is 8.63. The van der Waals surface area contributed by atoms with Gasteiger partial charge in [0, 0.05) is 42.9 Å². The van der Waals surface area contributed by atoms with Crippen LogP contribution in [0.2, 0.25) is 0 Å². The number of sulfone groups is 1. The Kier molecular flexibility index (Phi) is 6.19. The van der Waals surface area contributed by atoms with E-state index >= 15 is 0 Å². The zero-order valence-electron chi connectivity index (χ0n) is 18.6. The van der Waals surface area contributed by atoms with Gasteiger partial charge in [0.2, 0.25) is 11.8 Å². The van der Waals surface area contributed by atoms with Gasteiger partial charge in [0.1, 0.15) is 12.1 Å². The maximum absolute atomic E-state index is 12.1. The number of hydrogen-bond acceptors (Lipinski definition) is 6. The van der Waals surface area contributed by atoms with Crippen LogP contribution in [-0.4, -0.2) is 59.7 Å². The molecule has 3 aromatic rings. The zero-order chi connectivity index (χ0) is 22.9. The number of piperidine rings is 1. The number of rotatable bonds is 6. The van der Waals surface area contributed by atoms with E-state index in [0.717, 1.165) is 36.8 Å². The number of amides is 1. The molecular weight excluding hydrogens is 428 g/mol. The van der Waals surface area contributed by atoms with Gasteiger partial charge in [-0.3, -0.25) is 4.79 Å². The standard InChI is InChI=1S/C23H28N4O4S/c1-16(2)23(28)26-9-6-17(7-10-26)14-31-22-13-21(24-15-25-22)27-11-8-18-12-19(32(3,29)30)4-5-20(18)27/h4-5,8,11-13,15-17H,6-7,9-10,14H2,1-3H3. The molecule has 1 aliphatic rings. The number of likely N-dealkylation sites (tertiary alicyclic amines) is 1. The summed E-state index contributed by atoms with van der Waals surface area (Å²) in [5.74, 6) is 1.77. The number of ether oxygens (including phenoxy) is 1. The largest absolute Gasteiger partial charge is 0.477 e. The molecule has 1 aliphatic heterocycles. The molecule has 3 heterocycles. The van der Waals surface area contributed by atoms with Crippen molar-refractivity contribution >= 4 is 26.6 Å². The predicted molar refractivity (Wildman–Crippen MR) is 122 cm³/mol. The van der Waals surface area contributed by atoms with E-state index in [1.807, 2.05) is 35.6 Å². The Labute approximate surface area is 188 Å². The molecule has 1 fully saturated rings. The lowest BCUT2D eigenvalue weighted by Crippen LogP contribution is -2.41. The monoisotopic (exact) mass is 456 g/mol. The van der Waals surface area contributed by atoms with Crippen LogP contribution in [0.15, 0.2) is 47.8 Å². The molecule has 2 aromatic heterocycles. The lowest BCUT2D eigenvalue weighted by Gasteiger charge is -2.32. The summed E-state index contributed by atoms with van der Waals surface area (Å²) in [7, 11) is -3.26. The average Bonchev–Trinajstić information content (AvgIpc) is 3.20. The van der Waals surface area contributed by atoms with Crippen LogP contribution in [0.5, 0.6) is 5.88 Å². The first kappa shape index (κ1) is 22.3. The fraction of sp³-hybridized carbons (Fsp3) is 0.435. The Balaban J connectivity index is 1.43. The van der Waals surface area contributed by atoms with E-state index in [0.29, 0.717) is 24.2 Å². The van der Waals surface area contributed by atoms with Crippen molar-refractivity contribution in [3.05, 3.63) is 42.9 Å². The van der Waals surface area contributed by atoms with Crippen LogP contribution in [0.3, 0.4) is 0 Å². The molecule has 0 spiro atoms. The second kappa shape index (κ2) is 8.90. The maximum atomic E-state index is 12.1. The number of hydrogen-bond donors (Lipinski definition) is 0. The summed E-state index contributed by atoms with van der Waals surface area (Å²) in [5, 5.41) is 0.816. The molecule has 0 radical (unpaired) electrons. The summed E-state index contributed by atoms with van der Waals surface area (Å²) in [6, 6.07) is 8.68. The molecule has 0 bridgehead atoms. The van der Waals surface area contributed by atoms with E-state index in [1.54, 1.807) is 24.3 Å². The lowest BCUT2D eigenvalue weighted by molar-refractivity contribution is -0.136. The quantitative estimate of drug-likeness (QED) is 0.566. The van der Waals surface area contributed by atoms with E-state index in [4.69, 9.17) is 4.74 Å². The highest BCUT2D eigenvalue weighted by atomic mass is 32.2. The Morgan fingerprint density at radius 2 is 1.91 bits per heavy atom. The Hall–Kier alpha value is -2.94. The molecule has 8 nitrogen and oxygen atoms in total. The molecule has 0 unspecified atom stereocenters. The summed E-state index contributed by atoms with van der Waals surface area (Å²) in [4.78, 5) is 23.0. The van der Waals surface area contributed by atoms with E-state index < -0.39 is 9.84 Å². The van der Waals surface area contributed by atoms with Crippen LogP contribution in [0.4, 0.5) is 0 Å². The summed E-state index contributed by atoms with van der Waals surface area (Å²) in [5.41, 5.74) is 0.851. The van der Waals surface area contributed by atoms with Gasteiger partial charge in [-0.2, -0.15) is 0 Å². The van der Waals surface area contributed by atoms with Gasteiger partial charge in [-0.15, -0.1) is 0 Å². The molecule has 170 valence electrons.